The Hall–Kier alpha value is -1.87. The normalized spacial score (nSPS) is 24.0. The first kappa shape index (κ1) is 23.8. The summed E-state index contributed by atoms with van der Waals surface area (Å²) in [7, 11) is 1.57. The second-order valence-corrected chi connectivity index (χ2v) is 8.65. The summed E-state index contributed by atoms with van der Waals surface area (Å²) in [6.07, 6.45) is 3.50. The maximum atomic E-state index is 12.5. The molecule has 0 bridgehead atoms. The van der Waals surface area contributed by atoms with Gasteiger partial charge in [-0.2, -0.15) is 0 Å². The van der Waals surface area contributed by atoms with E-state index in [9.17, 15) is 9.59 Å². The molecule has 2 fully saturated rings. The molecule has 3 unspecified atom stereocenters. The van der Waals surface area contributed by atoms with Crippen molar-refractivity contribution < 1.29 is 19.1 Å². The van der Waals surface area contributed by atoms with Gasteiger partial charge in [-0.3, -0.25) is 15.0 Å². The fraction of sp³-hybridized carbons (Fsp3) is 0.636. The molecule has 2 saturated heterocycles. The van der Waals surface area contributed by atoms with Crippen LogP contribution in [0.3, 0.4) is 0 Å². The molecule has 0 radical (unpaired) electrons. The predicted molar refractivity (Wildman–Crippen MR) is 120 cm³/mol. The van der Waals surface area contributed by atoms with Gasteiger partial charge in [0, 0.05) is 37.0 Å². The van der Waals surface area contributed by atoms with Gasteiger partial charge in [0.1, 0.15) is 11.8 Å². The highest BCUT2D eigenvalue weighted by molar-refractivity contribution is 6.31. The summed E-state index contributed by atoms with van der Waals surface area (Å²) in [5.41, 5.74) is 6.73. The Bertz CT molecular complexity index is 763. The molecular formula is C22H33ClN4O4. The van der Waals surface area contributed by atoms with Gasteiger partial charge in [-0.15, -0.1) is 0 Å². The highest BCUT2D eigenvalue weighted by atomic mass is 35.5. The molecule has 1 aromatic carbocycles. The maximum Gasteiger partial charge on any atom is 0.324 e. The van der Waals surface area contributed by atoms with E-state index in [-0.39, 0.29) is 23.8 Å². The van der Waals surface area contributed by atoms with Gasteiger partial charge in [-0.1, -0.05) is 11.6 Å². The van der Waals surface area contributed by atoms with E-state index in [1.165, 1.54) is 0 Å². The van der Waals surface area contributed by atoms with Crippen LogP contribution in [0.1, 0.15) is 32.6 Å². The van der Waals surface area contributed by atoms with E-state index in [0.717, 1.165) is 45.4 Å². The Kier molecular flexibility index (Phi) is 8.95. The summed E-state index contributed by atoms with van der Waals surface area (Å²) in [6, 6.07) is 4.87. The van der Waals surface area contributed by atoms with E-state index in [0.29, 0.717) is 35.4 Å². The minimum absolute atomic E-state index is 0.0377. The molecule has 3 atom stereocenters. The molecule has 0 saturated carbocycles. The van der Waals surface area contributed by atoms with Crippen molar-refractivity contribution in [2.45, 2.75) is 38.6 Å². The third-order valence-electron chi connectivity index (χ3n) is 5.94. The highest BCUT2D eigenvalue weighted by Gasteiger charge is 2.35. The Morgan fingerprint density at radius 2 is 2.19 bits per heavy atom. The molecule has 31 heavy (non-hydrogen) atoms. The van der Waals surface area contributed by atoms with Gasteiger partial charge in [0.05, 0.1) is 19.4 Å². The van der Waals surface area contributed by atoms with E-state index < -0.39 is 0 Å². The van der Waals surface area contributed by atoms with Crippen molar-refractivity contribution in [1.82, 2.24) is 15.8 Å². The van der Waals surface area contributed by atoms with Crippen molar-refractivity contribution in [1.29, 1.82) is 0 Å². The maximum absolute atomic E-state index is 12.5. The van der Waals surface area contributed by atoms with Crippen molar-refractivity contribution >= 4 is 29.2 Å². The number of benzene rings is 1. The number of piperidine rings is 1. The number of esters is 1. The van der Waals surface area contributed by atoms with Crippen LogP contribution >= 0.6 is 11.6 Å². The number of hydrazine groups is 1. The summed E-state index contributed by atoms with van der Waals surface area (Å²) >= 11 is 6.04. The third kappa shape index (κ3) is 6.80. The number of nitrogens with zero attached hydrogens (tertiary/aromatic N) is 1. The lowest BCUT2D eigenvalue weighted by molar-refractivity contribution is -0.146. The van der Waals surface area contributed by atoms with Crippen LogP contribution in [0.4, 0.5) is 5.69 Å². The monoisotopic (exact) mass is 452 g/mol. The summed E-state index contributed by atoms with van der Waals surface area (Å²) in [5, 5.41) is 3.46. The number of hydrogen-bond acceptors (Lipinski definition) is 7. The van der Waals surface area contributed by atoms with Gasteiger partial charge in [0.2, 0.25) is 5.91 Å². The van der Waals surface area contributed by atoms with E-state index >= 15 is 0 Å². The molecule has 2 aliphatic heterocycles. The molecule has 1 amide bonds. The smallest absolute Gasteiger partial charge is 0.324 e. The van der Waals surface area contributed by atoms with Crippen LogP contribution in [0.15, 0.2) is 18.2 Å². The number of rotatable bonds is 9. The topological polar surface area (TPSA) is 91.9 Å². The second kappa shape index (κ2) is 11.7. The van der Waals surface area contributed by atoms with Gasteiger partial charge in [-0.05, 0) is 56.8 Å². The number of hydrogen-bond donors (Lipinski definition) is 3. The van der Waals surface area contributed by atoms with Crippen LogP contribution in [-0.4, -0.2) is 62.7 Å². The molecule has 8 nitrogen and oxygen atoms in total. The van der Waals surface area contributed by atoms with E-state index in [2.05, 4.69) is 21.1 Å². The lowest BCUT2D eigenvalue weighted by atomic mass is 9.91. The van der Waals surface area contributed by atoms with E-state index in [1.54, 1.807) is 25.3 Å². The Balaban J connectivity index is 1.46. The number of carbonyl (C=O) groups excluding carboxylic acids is 2. The van der Waals surface area contributed by atoms with Crippen molar-refractivity contribution in [2.75, 3.05) is 45.2 Å². The molecular weight excluding hydrogens is 420 g/mol. The zero-order valence-corrected chi connectivity index (χ0v) is 19.0. The van der Waals surface area contributed by atoms with Crippen molar-refractivity contribution in [2.24, 2.45) is 11.8 Å². The molecule has 0 spiro atoms. The van der Waals surface area contributed by atoms with Gasteiger partial charge in [-0.25, -0.2) is 5.43 Å². The quantitative estimate of drug-likeness (QED) is 0.495. The fourth-order valence-corrected chi connectivity index (χ4v) is 4.57. The van der Waals surface area contributed by atoms with Gasteiger partial charge < -0.3 is 19.7 Å². The van der Waals surface area contributed by atoms with Crippen LogP contribution in [0.25, 0.3) is 0 Å². The average molecular weight is 453 g/mol. The number of amides is 1. The second-order valence-electron chi connectivity index (χ2n) is 8.21. The molecule has 172 valence electrons. The third-order valence-corrected chi connectivity index (χ3v) is 6.18. The first-order valence-electron chi connectivity index (χ1n) is 11.0. The standard InChI is InChI=1S/C22H33ClN4O4/c1-3-31-22(29)21-16(12-24-26-21)14-27-10-4-5-15(13-27)6-9-20(28)25-18-11-17(23)7-8-19(18)30-2/h7-8,11,15-16,21,24,26H,3-6,9-10,12-14H2,1-2H3,(H,25,28). The largest absolute Gasteiger partial charge is 0.495 e. The fourth-order valence-electron chi connectivity index (χ4n) is 4.40. The zero-order chi connectivity index (χ0) is 22.2. The number of likely N-dealkylation sites (tertiary alicyclic amines) is 1. The van der Waals surface area contributed by atoms with Crippen LogP contribution in [0, 0.1) is 11.8 Å². The SMILES string of the molecule is CCOC(=O)C1NNCC1CN1CCCC(CCC(=O)Nc2cc(Cl)ccc2OC)C1. The minimum atomic E-state index is -0.307. The molecule has 2 aliphatic rings. The number of halogens is 1. The van der Waals surface area contributed by atoms with E-state index in [4.69, 9.17) is 21.1 Å². The zero-order valence-electron chi connectivity index (χ0n) is 18.3. The number of nitrogens with one attached hydrogen (secondary N) is 3. The van der Waals surface area contributed by atoms with Gasteiger partial charge >= 0.3 is 5.97 Å². The number of anilines is 1. The van der Waals surface area contributed by atoms with Gasteiger partial charge in [0.15, 0.2) is 0 Å². The highest BCUT2D eigenvalue weighted by Crippen LogP contribution is 2.28. The number of carbonyl (C=O) groups is 2. The number of ether oxygens (including phenoxy) is 2. The van der Waals surface area contributed by atoms with Crippen molar-refractivity contribution in [3.05, 3.63) is 23.2 Å². The number of methoxy groups -OCH3 is 1. The molecule has 9 heteroatoms. The van der Waals surface area contributed by atoms with Gasteiger partial charge in [0.25, 0.3) is 0 Å². The summed E-state index contributed by atoms with van der Waals surface area (Å²) in [5.74, 6) is 1.00. The molecule has 0 aromatic heterocycles. The van der Waals surface area contributed by atoms with Crippen LogP contribution in [0.2, 0.25) is 5.02 Å². The molecule has 3 rings (SSSR count). The minimum Gasteiger partial charge on any atom is -0.495 e. The Morgan fingerprint density at radius 1 is 1.35 bits per heavy atom. The summed E-state index contributed by atoms with van der Waals surface area (Å²) in [6.45, 7) is 5.76. The van der Waals surface area contributed by atoms with Crippen LogP contribution in [0.5, 0.6) is 5.75 Å². The van der Waals surface area contributed by atoms with Crippen LogP contribution in [-0.2, 0) is 14.3 Å². The molecule has 3 N–H and O–H groups in total. The summed E-state index contributed by atoms with van der Waals surface area (Å²) < 4.78 is 10.5. The summed E-state index contributed by atoms with van der Waals surface area (Å²) in [4.78, 5) is 27.0. The van der Waals surface area contributed by atoms with Crippen LogP contribution < -0.4 is 20.9 Å². The predicted octanol–water partition coefficient (Wildman–Crippen LogP) is 2.44. The molecule has 0 aliphatic carbocycles. The first-order valence-corrected chi connectivity index (χ1v) is 11.4. The molecule has 2 heterocycles. The Labute approximate surface area is 188 Å². The van der Waals surface area contributed by atoms with E-state index in [1.807, 2.05) is 6.92 Å². The lowest BCUT2D eigenvalue weighted by Crippen LogP contribution is -2.45. The average Bonchev–Trinajstić information content (AvgIpc) is 3.21. The van der Waals surface area contributed by atoms with Crippen molar-refractivity contribution in [3.8, 4) is 5.75 Å². The van der Waals surface area contributed by atoms with Crippen molar-refractivity contribution in [3.63, 3.8) is 0 Å². The molecule has 1 aromatic rings. The lowest BCUT2D eigenvalue weighted by Gasteiger charge is -2.34. The first-order chi connectivity index (χ1) is 15.0. The Morgan fingerprint density at radius 3 is 2.97 bits per heavy atom.